The Kier molecular flexibility index (Phi) is 3.59. The third-order valence-corrected chi connectivity index (χ3v) is 4.18. The fraction of sp³-hybridized carbons (Fsp3) is 0.667. The van der Waals surface area contributed by atoms with E-state index in [1.165, 1.54) is 4.68 Å². The molecule has 1 fully saturated rings. The number of carbonyl (C=O) groups excluding carboxylic acids is 1. The van der Waals surface area contributed by atoms with E-state index in [0.717, 1.165) is 43.4 Å². The van der Waals surface area contributed by atoms with Crippen LogP contribution in [-0.4, -0.2) is 22.2 Å². The number of hydrogen-bond acceptors (Lipinski definition) is 3. The summed E-state index contributed by atoms with van der Waals surface area (Å²) in [6.45, 7) is 3.15. The van der Waals surface area contributed by atoms with Crippen molar-refractivity contribution in [2.24, 2.45) is 11.8 Å². The molecule has 3 rings (SSSR count). The fourth-order valence-electron chi connectivity index (χ4n) is 2.75. The van der Waals surface area contributed by atoms with Crippen molar-refractivity contribution < 1.29 is 4.79 Å². The first-order chi connectivity index (χ1) is 9.63. The van der Waals surface area contributed by atoms with E-state index in [1.807, 2.05) is 0 Å². The average Bonchev–Trinajstić information content (AvgIpc) is 3.23. The minimum absolute atomic E-state index is 0.0569. The summed E-state index contributed by atoms with van der Waals surface area (Å²) >= 11 is 0. The number of carbonyl (C=O) groups is 1. The SMILES string of the molecule is CC1CCc2nn(CCNC(=O)C3CC3)c(=O)cc2C1. The van der Waals surface area contributed by atoms with Crippen LogP contribution in [0.25, 0.3) is 0 Å². The Hall–Kier alpha value is -1.65. The Balaban J connectivity index is 1.64. The van der Waals surface area contributed by atoms with E-state index in [1.54, 1.807) is 6.07 Å². The van der Waals surface area contributed by atoms with Crippen LogP contribution in [0.1, 0.15) is 37.4 Å². The van der Waals surface area contributed by atoms with Gasteiger partial charge in [-0.2, -0.15) is 5.10 Å². The van der Waals surface area contributed by atoms with Crippen molar-refractivity contribution in [3.63, 3.8) is 0 Å². The summed E-state index contributed by atoms with van der Waals surface area (Å²) in [4.78, 5) is 23.5. The van der Waals surface area contributed by atoms with E-state index in [0.29, 0.717) is 19.0 Å². The van der Waals surface area contributed by atoms with Gasteiger partial charge in [-0.05, 0) is 43.6 Å². The Morgan fingerprint density at radius 1 is 1.45 bits per heavy atom. The number of nitrogens with one attached hydrogen (secondary N) is 1. The lowest BCUT2D eigenvalue weighted by Gasteiger charge is -2.21. The number of aromatic nitrogens is 2. The zero-order chi connectivity index (χ0) is 14.1. The van der Waals surface area contributed by atoms with Crippen molar-refractivity contribution in [1.29, 1.82) is 0 Å². The number of hydrogen-bond donors (Lipinski definition) is 1. The van der Waals surface area contributed by atoms with Crippen LogP contribution in [0, 0.1) is 11.8 Å². The van der Waals surface area contributed by atoms with Gasteiger partial charge in [0, 0.05) is 18.5 Å². The van der Waals surface area contributed by atoms with Crippen LogP contribution in [0.3, 0.4) is 0 Å². The minimum atomic E-state index is -0.0569. The highest BCUT2D eigenvalue weighted by Gasteiger charge is 2.29. The molecule has 1 saturated carbocycles. The van der Waals surface area contributed by atoms with E-state index < -0.39 is 0 Å². The molecule has 0 bridgehead atoms. The van der Waals surface area contributed by atoms with Crippen LogP contribution in [0.4, 0.5) is 0 Å². The van der Waals surface area contributed by atoms with Gasteiger partial charge in [0.1, 0.15) is 0 Å². The van der Waals surface area contributed by atoms with Crippen LogP contribution in [0.5, 0.6) is 0 Å². The third kappa shape index (κ3) is 2.92. The molecule has 5 heteroatoms. The second-order valence-electron chi connectivity index (χ2n) is 6.09. The van der Waals surface area contributed by atoms with E-state index in [-0.39, 0.29) is 17.4 Å². The van der Waals surface area contributed by atoms with Crippen LogP contribution < -0.4 is 10.9 Å². The molecule has 1 aromatic heterocycles. The first kappa shape index (κ1) is 13.3. The highest BCUT2D eigenvalue weighted by molar-refractivity contribution is 5.80. The van der Waals surface area contributed by atoms with Gasteiger partial charge in [-0.25, -0.2) is 4.68 Å². The lowest BCUT2D eigenvalue weighted by molar-refractivity contribution is -0.122. The van der Waals surface area contributed by atoms with Gasteiger partial charge in [0.2, 0.25) is 5.91 Å². The van der Waals surface area contributed by atoms with Gasteiger partial charge in [-0.15, -0.1) is 0 Å². The summed E-state index contributed by atoms with van der Waals surface area (Å²) in [6.07, 6.45) is 5.04. The predicted octanol–water partition coefficient (Wildman–Crippen LogP) is 0.894. The topological polar surface area (TPSA) is 64.0 Å². The number of aryl methyl sites for hydroxylation is 1. The lowest BCUT2D eigenvalue weighted by Crippen LogP contribution is -2.34. The Bertz CT molecular complexity index is 575. The third-order valence-electron chi connectivity index (χ3n) is 4.18. The normalized spacial score (nSPS) is 21.4. The van der Waals surface area contributed by atoms with Crippen molar-refractivity contribution in [2.45, 2.75) is 45.6 Å². The molecule has 1 atom stereocenters. The average molecular weight is 275 g/mol. The molecule has 0 saturated heterocycles. The molecule has 1 heterocycles. The molecule has 0 spiro atoms. The predicted molar refractivity (Wildman–Crippen MR) is 75.4 cm³/mol. The van der Waals surface area contributed by atoms with Crippen LogP contribution >= 0.6 is 0 Å². The largest absolute Gasteiger partial charge is 0.354 e. The molecule has 2 aliphatic rings. The summed E-state index contributed by atoms with van der Waals surface area (Å²) in [7, 11) is 0. The number of rotatable bonds is 4. The number of fused-ring (bicyclic) bond motifs is 1. The molecule has 0 radical (unpaired) electrons. The lowest BCUT2D eigenvalue weighted by atomic mass is 9.88. The maximum absolute atomic E-state index is 12.0. The van der Waals surface area contributed by atoms with Crippen molar-refractivity contribution in [1.82, 2.24) is 15.1 Å². The summed E-state index contributed by atoms with van der Waals surface area (Å²) in [5.41, 5.74) is 2.10. The first-order valence-electron chi connectivity index (χ1n) is 7.51. The van der Waals surface area contributed by atoms with Crippen LogP contribution in [0.2, 0.25) is 0 Å². The maximum atomic E-state index is 12.0. The Morgan fingerprint density at radius 2 is 2.25 bits per heavy atom. The van der Waals surface area contributed by atoms with Crippen LogP contribution in [0.15, 0.2) is 10.9 Å². The summed E-state index contributed by atoms with van der Waals surface area (Å²) < 4.78 is 1.49. The first-order valence-corrected chi connectivity index (χ1v) is 7.51. The Labute approximate surface area is 118 Å². The van der Waals surface area contributed by atoms with Crippen molar-refractivity contribution in [3.8, 4) is 0 Å². The number of amides is 1. The van der Waals surface area contributed by atoms with Gasteiger partial charge in [0.25, 0.3) is 5.56 Å². The van der Waals surface area contributed by atoms with Gasteiger partial charge in [-0.1, -0.05) is 6.92 Å². The molecule has 5 nitrogen and oxygen atoms in total. The molecule has 0 aliphatic heterocycles. The highest BCUT2D eigenvalue weighted by Crippen LogP contribution is 2.28. The van der Waals surface area contributed by atoms with E-state index >= 15 is 0 Å². The molecule has 0 aromatic carbocycles. The summed E-state index contributed by atoms with van der Waals surface area (Å²) in [5.74, 6) is 0.965. The van der Waals surface area contributed by atoms with Crippen molar-refractivity contribution in [3.05, 3.63) is 27.7 Å². The van der Waals surface area contributed by atoms with Crippen molar-refractivity contribution >= 4 is 5.91 Å². The molecule has 2 aliphatic carbocycles. The molecule has 1 aromatic rings. The highest BCUT2D eigenvalue weighted by atomic mass is 16.2. The number of nitrogens with zero attached hydrogens (tertiary/aromatic N) is 2. The molecule has 1 unspecified atom stereocenters. The van der Waals surface area contributed by atoms with E-state index in [4.69, 9.17) is 0 Å². The monoisotopic (exact) mass is 275 g/mol. The van der Waals surface area contributed by atoms with Gasteiger partial charge in [0.15, 0.2) is 0 Å². The van der Waals surface area contributed by atoms with Gasteiger partial charge >= 0.3 is 0 Å². The Morgan fingerprint density at radius 3 is 3.00 bits per heavy atom. The summed E-state index contributed by atoms with van der Waals surface area (Å²) in [6, 6.07) is 1.72. The standard InChI is InChI=1S/C15H21N3O2/c1-10-2-5-13-12(8-10)9-14(19)18(17-13)7-6-16-15(20)11-3-4-11/h9-11H,2-8H2,1H3,(H,16,20). The quantitative estimate of drug-likeness (QED) is 0.887. The molecule has 1 N–H and O–H groups in total. The molecule has 1 amide bonds. The summed E-state index contributed by atoms with van der Waals surface area (Å²) in [5, 5.41) is 7.33. The zero-order valence-electron chi connectivity index (χ0n) is 11.9. The van der Waals surface area contributed by atoms with Crippen molar-refractivity contribution in [2.75, 3.05) is 6.54 Å². The second kappa shape index (κ2) is 5.38. The van der Waals surface area contributed by atoms with Gasteiger partial charge in [0.05, 0.1) is 12.2 Å². The maximum Gasteiger partial charge on any atom is 0.267 e. The second-order valence-corrected chi connectivity index (χ2v) is 6.09. The zero-order valence-corrected chi connectivity index (χ0v) is 11.9. The van der Waals surface area contributed by atoms with E-state index in [2.05, 4.69) is 17.3 Å². The van der Waals surface area contributed by atoms with E-state index in [9.17, 15) is 9.59 Å². The molecule has 108 valence electrons. The molecular formula is C15H21N3O2. The van der Waals surface area contributed by atoms with Gasteiger partial charge < -0.3 is 5.32 Å². The van der Waals surface area contributed by atoms with Crippen LogP contribution in [-0.2, 0) is 24.2 Å². The minimum Gasteiger partial charge on any atom is -0.354 e. The van der Waals surface area contributed by atoms with Gasteiger partial charge in [-0.3, -0.25) is 9.59 Å². The fourth-order valence-corrected chi connectivity index (χ4v) is 2.75. The molecular weight excluding hydrogens is 254 g/mol. The smallest absolute Gasteiger partial charge is 0.267 e. The molecule has 20 heavy (non-hydrogen) atoms.